The molecule has 2 aromatic rings. The molecule has 0 bridgehead atoms. The van der Waals surface area contributed by atoms with Crippen LogP contribution in [0.4, 0.5) is 18.9 Å². The zero-order valence-corrected chi connectivity index (χ0v) is 17.4. The number of amidine groups is 1. The molecule has 3 N–H and O–H groups in total. The van der Waals surface area contributed by atoms with Crippen LogP contribution in [0.3, 0.4) is 0 Å². The van der Waals surface area contributed by atoms with Crippen molar-refractivity contribution < 1.29 is 27.5 Å². The number of rotatable bonds is 5. The molecule has 1 fully saturated rings. The highest BCUT2D eigenvalue weighted by Crippen LogP contribution is 2.32. The van der Waals surface area contributed by atoms with Crippen molar-refractivity contribution in [2.45, 2.75) is 6.18 Å². The summed E-state index contributed by atoms with van der Waals surface area (Å²) in [5, 5.41) is 12.2. The van der Waals surface area contributed by atoms with Gasteiger partial charge in [0.2, 0.25) is 0 Å². The van der Waals surface area contributed by atoms with Crippen molar-refractivity contribution in [3.05, 3.63) is 63.0 Å². The second-order valence-electron chi connectivity index (χ2n) is 5.99. The number of carbonyl (C=O) groups is 2. The molecule has 0 aliphatic carbocycles. The first-order valence-electron chi connectivity index (χ1n) is 8.31. The number of thioether (sulfide) groups is 1. The number of hydrogen-bond donors (Lipinski definition) is 3. The molecule has 0 saturated carbocycles. The third kappa shape index (κ3) is 5.63. The minimum atomic E-state index is -4.52. The third-order valence-corrected chi connectivity index (χ3v) is 5.08. The van der Waals surface area contributed by atoms with Gasteiger partial charge in [-0.05, 0) is 54.2 Å². The average molecular weight is 500 g/mol. The Hall–Kier alpha value is -2.79. The summed E-state index contributed by atoms with van der Waals surface area (Å²) in [4.78, 5) is 24.2. The fourth-order valence-corrected chi connectivity index (χ4v) is 3.53. The van der Waals surface area contributed by atoms with E-state index < -0.39 is 30.2 Å². The van der Waals surface area contributed by atoms with Crippen LogP contribution >= 0.6 is 27.7 Å². The van der Waals surface area contributed by atoms with E-state index in [4.69, 9.17) is 10.1 Å². The molecule has 1 saturated heterocycles. The Morgan fingerprint density at radius 2 is 2.03 bits per heavy atom. The van der Waals surface area contributed by atoms with Crippen LogP contribution in [0, 0.1) is 5.41 Å². The zero-order valence-electron chi connectivity index (χ0n) is 15.0. The number of nitrogens with one attached hydrogen (secondary N) is 3. The maximum Gasteiger partial charge on any atom is 0.416 e. The standard InChI is InChI=1S/C19H13BrF3N3O3S/c20-12-4-5-14(10(6-12)7-15-17(28)26-18(24)30-15)29-9-16(27)25-13-3-1-2-11(8-13)19(21,22)23/h1-8H,9H2,(H,25,27)(H2,24,26,28)/b15-7-. The van der Waals surface area contributed by atoms with Gasteiger partial charge >= 0.3 is 6.18 Å². The minimum Gasteiger partial charge on any atom is -0.483 e. The van der Waals surface area contributed by atoms with E-state index in [1.165, 1.54) is 18.2 Å². The van der Waals surface area contributed by atoms with Crippen LogP contribution in [0.25, 0.3) is 6.08 Å². The molecule has 1 aliphatic heterocycles. The van der Waals surface area contributed by atoms with Crippen LogP contribution in [0.15, 0.2) is 51.8 Å². The van der Waals surface area contributed by atoms with Crippen molar-refractivity contribution >= 4 is 56.4 Å². The molecule has 3 rings (SSSR count). The summed E-state index contributed by atoms with van der Waals surface area (Å²) in [6.07, 6.45) is -3.00. The van der Waals surface area contributed by atoms with Crippen LogP contribution in [0.2, 0.25) is 0 Å². The summed E-state index contributed by atoms with van der Waals surface area (Å²) in [6, 6.07) is 9.20. The van der Waals surface area contributed by atoms with Crippen LogP contribution in [0.1, 0.15) is 11.1 Å². The Labute approximate surface area is 181 Å². The number of anilines is 1. The van der Waals surface area contributed by atoms with E-state index in [-0.39, 0.29) is 21.5 Å². The van der Waals surface area contributed by atoms with Crippen molar-refractivity contribution in [1.82, 2.24) is 5.32 Å². The number of hydrogen-bond acceptors (Lipinski definition) is 5. The quantitative estimate of drug-likeness (QED) is 0.523. The molecule has 0 radical (unpaired) electrons. The molecule has 30 heavy (non-hydrogen) atoms. The van der Waals surface area contributed by atoms with Gasteiger partial charge in [-0.2, -0.15) is 13.2 Å². The number of benzene rings is 2. The van der Waals surface area contributed by atoms with Crippen molar-refractivity contribution in [3.8, 4) is 5.75 Å². The van der Waals surface area contributed by atoms with Gasteiger partial charge in [-0.3, -0.25) is 15.0 Å². The molecular formula is C19H13BrF3N3O3S. The Bertz CT molecular complexity index is 1060. The Morgan fingerprint density at radius 1 is 1.27 bits per heavy atom. The molecular weight excluding hydrogens is 487 g/mol. The van der Waals surface area contributed by atoms with Gasteiger partial charge in [0.1, 0.15) is 5.75 Å². The number of carbonyl (C=O) groups excluding carboxylic acids is 2. The normalized spacial score (nSPS) is 15.3. The summed E-state index contributed by atoms with van der Waals surface area (Å²) >= 11 is 4.27. The lowest BCUT2D eigenvalue weighted by Gasteiger charge is -2.12. The Balaban J connectivity index is 1.70. The SMILES string of the molecule is N=C1NC(=O)/C(=C/c2cc(Br)ccc2OCC(=O)Nc2cccc(C(F)(F)F)c2)S1. The largest absolute Gasteiger partial charge is 0.483 e. The predicted octanol–water partition coefficient (Wildman–Crippen LogP) is 4.62. The average Bonchev–Trinajstić information content (AvgIpc) is 2.97. The molecule has 0 unspecified atom stereocenters. The van der Waals surface area contributed by atoms with E-state index in [2.05, 4.69) is 26.6 Å². The van der Waals surface area contributed by atoms with E-state index in [9.17, 15) is 22.8 Å². The lowest BCUT2D eigenvalue weighted by molar-refractivity contribution is -0.137. The molecule has 0 spiro atoms. The number of ether oxygens (including phenoxy) is 1. The summed E-state index contributed by atoms with van der Waals surface area (Å²) in [5.74, 6) is -0.777. The van der Waals surface area contributed by atoms with Gasteiger partial charge in [-0.1, -0.05) is 22.0 Å². The van der Waals surface area contributed by atoms with Crippen molar-refractivity contribution in [2.24, 2.45) is 0 Å². The highest BCUT2D eigenvalue weighted by Gasteiger charge is 2.30. The number of amides is 2. The second-order valence-corrected chi connectivity index (χ2v) is 7.96. The van der Waals surface area contributed by atoms with Gasteiger partial charge in [-0.15, -0.1) is 0 Å². The van der Waals surface area contributed by atoms with Crippen LogP contribution in [0.5, 0.6) is 5.75 Å². The second kappa shape index (κ2) is 8.92. The molecule has 2 aromatic carbocycles. The molecule has 1 aliphatic rings. The first-order chi connectivity index (χ1) is 14.1. The smallest absolute Gasteiger partial charge is 0.416 e. The lowest BCUT2D eigenvalue weighted by Crippen LogP contribution is -2.20. The zero-order chi connectivity index (χ0) is 21.9. The van der Waals surface area contributed by atoms with Gasteiger partial charge < -0.3 is 15.4 Å². The van der Waals surface area contributed by atoms with E-state index >= 15 is 0 Å². The van der Waals surface area contributed by atoms with Crippen molar-refractivity contribution in [2.75, 3.05) is 11.9 Å². The molecule has 6 nitrogen and oxygen atoms in total. The van der Waals surface area contributed by atoms with E-state index in [1.807, 2.05) is 0 Å². The van der Waals surface area contributed by atoms with Crippen molar-refractivity contribution in [3.63, 3.8) is 0 Å². The highest BCUT2D eigenvalue weighted by atomic mass is 79.9. The summed E-state index contributed by atoms with van der Waals surface area (Å²) in [6.45, 7) is -0.455. The first kappa shape index (κ1) is 21.9. The van der Waals surface area contributed by atoms with Gasteiger partial charge in [0.25, 0.3) is 11.8 Å². The van der Waals surface area contributed by atoms with Gasteiger partial charge in [0.05, 0.1) is 10.5 Å². The van der Waals surface area contributed by atoms with E-state index in [0.717, 1.165) is 23.9 Å². The molecule has 1 heterocycles. The topological polar surface area (TPSA) is 91.3 Å². The van der Waals surface area contributed by atoms with Crippen LogP contribution in [-0.4, -0.2) is 23.6 Å². The highest BCUT2D eigenvalue weighted by molar-refractivity contribution is 9.10. The molecule has 2 amide bonds. The van der Waals surface area contributed by atoms with Crippen molar-refractivity contribution in [1.29, 1.82) is 5.41 Å². The third-order valence-electron chi connectivity index (χ3n) is 3.75. The van der Waals surface area contributed by atoms with E-state index in [0.29, 0.717) is 10.0 Å². The van der Waals surface area contributed by atoms with Gasteiger partial charge in [0, 0.05) is 15.7 Å². The Kier molecular flexibility index (Phi) is 6.52. The summed E-state index contributed by atoms with van der Waals surface area (Å²) in [5.41, 5.74) is -0.390. The predicted molar refractivity (Wildman–Crippen MR) is 111 cm³/mol. The summed E-state index contributed by atoms with van der Waals surface area (Å²) < 4.78 is 44.5. The maximum atomic E-state index is 12.8. The minimum absolute atomic E-state index is 0.00387. The Morgan fingerprint density at radius 3 is 2.70 bits per heavy atom. The monoisotopic (exact) mass is 499 g/mol. The fraction of sp³-hybridized carbons (Fsp3) is 0.105. The van der Waals surface area contributed by atoms with Gasteiger partial charge in [-0.25, -0.2) is 0 Å². The van der Waals surface area contributed by atoms with Crippen LogP contribution < -0.4 is 15.4 Å². The lowest BCUT2D eigenvalue weighted by atomic mass is 10.2. The van der Waals surface area contributed by atoms with E-state index in [1.54, 1.807) is 18.2 Å². The number of halogens is 4. The first-order valence-corrected chi connectivity index (χ1v) is 9.92. The molecule has 0 aromatic heterocycles. The molecule has 0 atom stereocenters. The van der Waals surface area contributed by atoms with Gasteiger partial charge in [0.15, 0.2) is 11.8 Å². The molecule has 156 valence electrons. The number of alkyl halides is 3. The molecule has 11 heteroatoms. The fourth-order valence-electron chi connectivity index (χ4n) is 2.46. The maximum absolute atomic E-state index is 12.8. The van der Waals surface area contributed by atoms with Crippen LogP contribution in [-0.2, 0) is 15.8 Å². The summed E-state index contributed by atoms with van der Waals surface area (Å²) in [7, 11) is 0.